The van der Waals surface area contributed by atoms with E-state index in [0.717, 1.165) is 24.0 Å². The van der Waals surface area contributed by atoms with Gasteiger partial charge in [0.05, 0.1) is 4.99 Å². The molecule has 0 unspecified atom stereocenters. The van der Waals surface area contributed by atoms with E-state index in [1.165, 1.54) is 4.88 Å². The summed E-state index contributed by atoms with van der Waals surface area (Å²) < 4.78 is 1.15. The molecule has 0 aliphatic heterocycles. The van der Waals surface area contributed by atoms with Gasteiger partial charge in [-0.25, -0.2) is 0 Å². The lowest BCUT2D eigenvalue weighted by molar-refractivity contribution is 0.340. The van der Waals surface area contributed by atoms with E-state index in [1.54, 1.807) is 11.3 Å². The van der Waals surface area contributed by atoms with Crippen LogP contribution in [0.1, 0.15) is 11.3 Å². The van der Waals surface area contributed by atoms with Crippen LogP contribution in [0.25, 0.3) is 0 Å². The van der Waals surface area contributed by atoms with E-state index in [1.807, 2.05) is 0 Å². The molecule has 14 heavy (non-hydrogen) atoms. The van der Waals surface area contributed by atoms with Gasteiger partial charge in [0, 0.05) is 34.2 Å². The van der Waals surface area contributed by atoms with Crippen molar-refractivity contribution in [3.8, 4) is 0 Å². The summed E-state index contributed by atoms with van der Waals surface area (Å²) in [5.74, 6) is 0. The lowest BCUT2D eigenvalue weighted by atomic mass is 10.3. The van der Waals surface area contributed by atoms with Gasteiger partial charge in [-0.2, -0.15) is 0 Å². The van der Waals surface area contributed by atoms with E-state index in [0.29, 0.717) is 4.99 Å². The molecule has 0 bridgehead atoms. The maximum absolute atomic E-state index is 5.44. The summed E-state index contributed by atoms with van der Waals surface area (Å²) in [6, 6.07) is 2.14. The number of thiocarbonyl (C=S) groups is 1. The number of hydrogen-bond donors (Lipinski definition) is 1. The molecule has 0 radical (unpaired) electrons. The molecule has 1 aromatic rings. The highest BCUT2D eigenvalue weighted by Crippen LogP contribution is 2.20. The fourth-order valence-electron chi connectivity index (χ4n) is 1.08. The molecule has 0 atom stereocenters. The van der Waals surface area contributed by atoms with Gasteiger partial charge in [-0.3, -0.25) is 0 Å². The van der Waals surface area contributed by atoms with Crippen molar-refractivity contribution in [3.63, 3.8) is 0 Å². The van der Waals surface area contributed by atoms with Crippen LogP contribution in [-0.2, 0) is 6.54 Å². The molecule has 0 saturated heterocycles. The second-order valence-electron chi connectivity index (χ2n) is 3.19. The highest BCUT2D eigenvalue weighted by Gasteiger charge is 2.03. The van der Waals surface area contributed by atoms with Crippen LogP contribution in [0.15, 0.2) is 15.9 Å². The normalized spacial score (nSPS) is 10.8. The molecule has 1 heterocycles. The molecule has 0 saturated carbocycles. The predicted molar refractivity (Wildman–Crippen MR) is 69.8 cm³/mol. The smallest absolute Gasteiger partial charge is 0.0740 e. The molecule has 0 amide bonds. The van der Waals surface area contributed by atoms with Crippen LogP contribution in [0.2, 0.25) is 0 Å². The van der Waals surface area contributed by atoms with E-state index in [-0.39, 0.29) is 0 Å². The van der Waals surface area contributed by atoms with Gasteiger partial charge in [0.25, 0.3) is 0 Å². The zero-order chi connectivity index (χ0) is 10.6. The van der Waals surface area contributed by atoms with Gasteiger partial charge in [0.2, 0.25) is 0 Å². The molecule has 78 valence electrons. The first kappa shape index (κ1) is 12.1. The number of nitrogens with zero attached hydrogens (tertiary/aromatic N) is 1. The zero-order valence-electron chi connectivity index (χ0n) is 8.00. The van der Waals surface area contributed by atoms with E-state index >= 15 is 0 Å². The fourth-order valence-corrected chi connectivity index (χ4v) is 2.70. The minimum absolute atomic E-state index is 0.587. The van der Waals surface area contributed by atoms with Crippen LogP contribution in [0.4, 0.5) is 0 Å². The lowest BCUT2D eigenvalue weighted by Gasteiger charge is -2.14. The van der Waals surface area contributed by atoms with Gasteiger partial charge in [-0.15, -0.1) is 11.3 Å². The van der Waals surface area contributed by atoms with E-state index in [2.05, 4.69) is 39.3 Å². The highest BCUT2D eigenvalue weighted by molar-refractivity contribution is 9.10. The predicted octanol–water partition coefficient (Wildman–Crippen LogP) is 2.62. The Labute approximate surface area is 102 Å². The second-order valence-corrected chi connectivity index (χ2v) is 5.62. The van der Waals surface area contributed by atoms with Gasteiger partial charge < -0.3 is 10.6 Å². The van der Waals surface area contributed by atoms with Crippen molar-refractivity contribution in [2.24, 2.45) is 5.73 Å². The zero-order valence-corrected chi connectivity index (χ0v) is 11.2. The number of rotatable bonds is 5. The van der Waals surface area contributed by atoms with Crippen molar-refractivity contribution in [1.82, 2.24) is 4.90 Å². The molecule has 2 N–H and O–H groups in total. The molecule has 0 spiro atoms. The van der Waals surface area contributed by atoms with Crippen molar-refractivity contribution in [1.29, 1.82) is 0 Å². The second kappa shape index (κ2) is 5.80. The minimum atomic E-state index is 0.587. The molecule has 0 aromatic carbocycles. The maximum atomic E-state index is 5.44. The monoisotopic (exact) mass is 292 g/mol. The molecule has 1 aromatic heterocycles. The molecule has 0 aliphatic rings. The first-order valence-corrected chi connectivity index (χ1v) is 6.36. The van der Waals surface area contributed by atoms with Crippen molar-refractivity contribution >= 4 is 44.5 Å². The Hall–Kier alpha value is 0.0300. The summed E-state index contributed by atoms with van der Waals surface area (Å²) in [4.78, 5) is 4.16. The van der Waals surface area contributed by atoms with Gasteiger partial charge in [-0.1, -0.05) is 12.2 Å². The first-order valence-electron chi connectivity index (χ1n) is 4.27. The van der Waals surface area contributed by atoms with Gasteiger partial charge in [-0.05, 0) is 29.0 Å². The molecule has 5 heteroatoms. The Morgan fingerprint density at radius 3 is 2.93 bits per heavy atom. The Bertz CT molecular complexity index is 312. The standard InChI is InChI=1S/C9H13BrN2S2/c1-12(3-2-9(11)13)5-8-4-7(10)6-14-8/h4,6H,2-3,5H2,1H3,(H2,11,13). The van der Waals surface area contributed by atoms with E-state index < -0.39 is 0 Å². The van der Waals surface area contributed by atoms with Crippen molar-refractivity contribution in [2.45, 2.75) is 13.0 Å². The molecule has 0 fully saturated rings. The largest absolute Gasteiger partial charge is 0.393 e. The van der Waals surface area contributed by atoms with E-state index in [9.17, 15) is 0 Å². The first-order chi connectivity index (χ1) is 6.58. The summed E-state index contributed by atoms with van der Waals surface area (Å²) in [5, 5.41) is 2.09. The number of thiophene rings is 1. The van der Waals surface area contributed by atoms with Crippen LogP contribution >= 0.6 is 39.5 Å². The van der Waals surface area contributed by atoms with Crippen LogP contribution < -0.4 is 5.73 Å². The molecular weight excluding hydrogens is 280 g/mol. The Morgan fingerprint density at radius 2 is 2.43 bits per heavy atom. The number of halogens is 1. The minimum Gasteiger partial charge on any atom is -0.393 e. The summed E-state index contributed by atoms with van der Waals surface area (Å²) in [6.07, 6.45) is 0.790. The van der Waals surface area contributed by atoms with Crippen molar-refractivity contribution in [3.05, 3.63) is 20.8 Å². The summed E-state index contributed by atoms with van der Waals surface area (Å²) in [6.45, 7) is 1.88. The summed E-state index contributed by atoms with van der Waals surface area (Å²) in [5.41, 5.74) is 5.44. The Morgan fingerprint density at radius 1 is 1.71 bits per heavy atom. The average molecular weight is 293 g/mol. The SMILES string of the molecule is CN(CCC(N)=S)Cc1cc(Br)cs1. The summed E-state index contributed by atoms with van der Waals surface area (Å²) >= 11 is 10.0. The average Bonchev–Trinajstić information content (AvgIpc) is 2.48. The molecule has 1 rings (SSSR count). The maximum Gasteiger partial charge on any atom is 0.0740 e. The van der Waals surface area contributed by atoms with Crippen LogP contribution in [0, 0.1) is 0 Å². The quantitative estimate of drug-likeness (QED) is 0.846. The Kier molecular flexibility index (Phi) is 5.01. The van der Waals surface area contributed by atoms with Crippen LogP contribution in [0.3, 0.4) is 0 Å². The molecule has 2 nitrogen and oxygen atoms in total. The highest BCUT2D eigenvalue weighted by atomic mass is 79.9. The van der Waals surface area contributed by atoms with Crippen molar-refractivity contribution in [2.75, 3.05) is 13.6 Å². The van der Waals surface area contributed by atoms with Crippen molar-refractivity contribution < 1.29 is 0 Å². The van der Waals surface area contributed by atoms with E-state index in [4.69, 9.17) is 18.0 Å². The van der Waals surface area contributed by atoms with Gasteiger partial charge >= 0.3 is 0 Å². The Balaban J connectivity index is 2.33. The van der Waals surface area contributed by atoms with Gasteiger partial charge in [0.15, 0.2) is 0 Å². The third-order valence-electron chi connectivity index (χ3n) is 1.79. The lowest BCUT2D eigenvalue weighted by Crippen LogP contribution is -2.22. The number of hydrogen-bond acceptors (Lipinski definition) is 3. The third kappa shape index (κ3) is 4.50. The summed E-state index contributed by atoms with van der Waals surface area (Å²) in [7, 11) is 2.08. The molecular formula is C9H13BrN2S2. The van der Waals surface area contributed by atoms with Crippen LogP contribution in [-0.4, -0.2) is 23.5 Å². The van der Waals surface area contributed by atoms with Crippen LogP contribution in [0.5, 0.6) is 0 Å². The topological polar surface area (TPSA) is 29.3 Å². The fraction of sp³-hybridized carbons (Fsp3) is 0.444. The number of nitrogens with two attached hydrogens (primary N) is 1. The molecule has 0 aliphatic carbocycles. The van der Waals surface area contributed by atoms with Gasteiger partial charge in [0.1, 0.15) is 0 Å². The third-order valence-corrected chi connectivity index (χ3v) is 3.67.